The van der Waals surface area contributed by atoms with E-state index in [0.717, 1.165) is 6.54 Å². The maximum atomic E-state index is 3.62. The van der Waals surface area contributed by atoms with E-state index in [2.05, 4.69) is 58.1 Å². The fraction of sp³-hybridized carbons (Fsp3) is 1.00. The van der Waals surface area contributed by atoms with Crippen molar-refractivity contribution in [3.8, 4) is 0 Å². The molecule has 0 aromatic rings. The minimum atomic E-state index is 0.219. The molecule has 104 valence electrons. The van der Waals surface area contributed by atoms with Crippen LogP contribution in [0.5, 0.6) is 0 Å². The average molecular weight is 260 g/mol. The summed E-state index contributed by atoms with van der Waals surface area (Å²) in [5.41, 5.74) is 0.219. The predicted molar refractivity (Wildman–Crippen MR) is 82.1 cm³/mol. The van der Waals surface area contributed by atoms with Crippen molar-refractivity contribution in [3.63, 3.8) is 0 Å². The Morgan fingerprint density at radius 3 is 2.29 bits per heavy atom. The third kappa shape index (κ3) is 8.06. The summed E-state index contributed by atoms with van der Waals surface area (Å²) in [6.45, 7) is 12.4. The Morgan fingerprint density at radius 2 is 1.88 bits per heavy atom. The van der Waals surface area contributed by atoms with Gasteiger partial charge in [-0.25, -0.2) is 0 Å². The first kappa shape index (κ1) is 17.3. The Bertz CT molecular complexity index is 189. The second kappa shape index (κ2) is 8.39. The first-order chi connectivity index (χ1) is 7.81. The van der Waals surface area contributed by atoms with Gasteiger partial charge in [0, 0.05) is 24.2 Å². The highest BCUT2D eigenvalue weighted by molar-refractivity contribution is 7.98. The molecule has 0 aliphatic heterocycles. The van der Waals surface area contributed by atoms with Crippen LogP contribution in [-0.2, 0) is 0 Å². The highest BCUT2D eigenvalue weighted by Crippen LogP contribution is 2.12. The second-order valence-corrected chi connectivity index (χ2v) is 6.97. The van der Waals surface area contributed by atoms with E-state index in [-0.39, 0.29) is 5.54 Å². The van der Waals surface area contributed by atoms with Gasteiger partial charge in [0.1, 0.15) is 0 Å². The lowest BCUT2D eigenvalue weighted by atomic mass is 10.1. The summed E-state index contributed by atoms with van der Waals surface area (Å²) in [4.78, 5) is 2.54. The van der Waals surface area contributed by atoms with Gasteiger partial charge in [0.25, 0.3) is 0 Å². The van der Waals surface area contributed by atoms with Crippen LogP contribution >= 0.6 is 11.8 Å². The standard InChI is InChI=1S/C14H32N2S/c1-8-13(11-15-14(3,4)5)16(6)12(2)9-10-17-7/h12-13,15H,8-11H2,1-7H3. The minimum absolute atomic E-state index is 0.219. The largest absolute Gasteiger partial charge is 0.311 e. The Balaban J connectivity index is 4.15. The van der Waals surface area contributed by atoms with Crippen molar-refractivity contribution in [2.24, 2.45) is 0 Å². The predicted octanol–water partition coefficient (Wildman–Crippen LogP) is 3.23. The fourth-order valence-corrected chi connectivity index (χ4v) is 2.43. The van der Waals surface area contributed by atoms with Crippen LogP contribution in [0.15, 0.2) is 0 Å². The second-order valence-electron chi connectivity index (χ2n) is 5.99. The smallest absolute Gasteiger partial charge is 0.0217 e. The summed E-state index contributed by atoms with van der Waals surface area (Å²) in [6, 6.07) is 1.32. The molecular weight excluding hydrogens is 228 g/mol. The molecule has 3 heteroatoms. The van der Waals surface area contributed by atoms with Crippen LogP contribution in [0.4, 0.5) is 0 Å². The minimum Gasteiger partial charge on any atom is -0.311 e. The van der Waals surface area contributed by atoms with Crippen LogP contribution in [0.3, 0.4) is 0 Å². The van der Waals surface area contributed by atoms with Gasteiger partial charge in [0.2, 0.25) is 0 Å². The molecule has 0 amide bonds. The van der Waals surface area contributed by atoms with Gasteiger partial charge >= 0.3 is 0 Å². The van der Waals surface area contributed by atoms with Gasteiger partial charge in [-0.15, -0.1) is 0 Å². The highest BCUT2D eigenvalue weighted by atomic mass is 32.2. The molecule has 2 unspecified atom stereocenters. The Morgan fingerprint density at radius 1 is 1.29 bits per heavy atom. The number of thioether (sulfide) groups is 1. The molecule has 0 saturated carbocycles. The van der Waals surface area contributed by atoms with Gasteiger partial charge in [0.15, 0.2) is 0 Å². The van der Waals surface area contributed by atoms with E-state index < -0.39 is 0 Å². The van der Waals surface area contributed by atoms with Crippen molar-refractivity contribution in [3.05, 3.63) is 0 Å². The number of nitrogens with zero attached hydrogens (tertiary/aromatic N) is 1. The lowest BCUT2D eigenvalue weighted by Gasteiger charge is -2.35. The SMILES string of the molecule is CCC(CNC(C)(C)C)N(C)C(C)CCSC. The van der Waals surface area contributed by atoms with Crippen molar-refractivity contribution in [1.82, 2.24) is 10.2 Å². The van der Waals surface area contributed by atoms with E-state index in [1.165, 1.54) is 18.6 Å². The van der Waals surface area contributed by atoms with Crippen LogP contribution in [0.1, 0.15) is 47.5 Å². The first-order valence-corrected chi connectivity index (χ1v) is 8.17. The van der Waals surface area contributed by atoms with Crippen LogP contribution < -0.4 is 5.32 Å². The Kier molecular flexibility index (Phi) is 8.52. The van der Waals surface area contributed by atoms with Crippen LogP contribution in [-0.4, -0.2) is 48.1 Å². The van der Waals surface area contributed by atoms with Crippen molar-refractivity contribution < 1.29 is 0 Å². The van der Waals surface area contributed by atoms with Crippen molar-refractivity contribution in [2.75, 3.05) is 25.6 Å². The summed E-state index contributed by atoms with van der Waals surface area (Å²) in [7, 11) is 2.27. The molecule has 0 heterocycles. The lowest BCUT2D eigenvalue weighted by molar-refractivity contribution is 0.164. The number of nitrogens with one attached hydrogen (secondary N) is 1. The van der Waals surface area contributed by atoms with Crippen LogP contribution in [0, 0.1) is 0 Å². The molecule has 0 aromatic heterocycles. The molecule has 0 rings (SSSR count). The maximum Gasteiger partial charge on any atom is 0.0217 e. The third-order valence-corrected chi connectivity index (χ3v) is 3.99. The van der Waals surface area contributed by atoms with E-state index in [0.29, 0.717) is 12.1 Å². The molecular formula is C14H32N2S. The summed E-state index contributed by atoms with van der Waals surface area (Å²) in [6.07, 6.45) is 4.68. The van der Waals surface area contributed by atoms with E-state index in [9.17, 15) is 0 Å². The normalized spacial score (nSPS) is 16.2. The van der Waals surface area contributed by atoms with Gasteiger partial charge in [-0.1, -0.05) is 6.92 Å². The summed E-state index contributed by atoms with van der Waals surface area (Å²) < 4.78 is 0. The van der Waals surface area contributed by atoms with Crippen molar-refractivity contribution in [1.29, 1.82) is 0 Å². The van der Waals surface area contributed by atoms with E-state index in [4.69, 9.17) is 0 Å². The van der Waals surface area contributed by atoms with E-state index in [1.54, 1.807) is 0 Å². The van der Waals surface area contributed by atoms with Gasteiger partial charge in [-0.2, -0.15) is 11.8 Å². The summed E-state index contributed by atoms with van der Waals surface area (Å²) in [5.74, 6) is 1.26. The molecule has 0 aromatic carbocycles. The molecule has 2 atom stereocenters. The maximum absolute atomic E-state index is 3.62. The van der Waals surface area contributed by atoms with E-state index >= 15 is 0 Å². The molecule has 0 radical (unpaired) electrons. The topological polar surface area (TPSA) is 15.3 Å². The van der Waals surface area contributed by atoms with Crippen molar-refractivity contribution >= 4 is 11.8 Å². The zero-order chi connectivity index (χ0) is 13.5. The fourth-order valence-electron chi connectivity index (χ4n) is 1.85. The van der Waals surface area contributed by atoms with Crippen molar-refractivity contribution in [2.45, 2.75) is 65.1 Å². The first-order valence-electron chi connectivity index (χ1n) is 6.77. The lowest BCUT2D eigenvalue weighted by Crippen LogP contribution is -2.48. The molecule has 1 N–H and O–H groups in total. The molecule has 17 heavy (non-hydrogen) atoms. The van der Waals surface area contributed by atoms with Gasteiger partial charge < -0.3 is 5.32 Å². The van der Waals surface area contributed by atoms with Gasteiger partial charge in [-0.3, -0.25) is 4.90 Å². The van der Waals surface area contributed by atoms with Crippen LogP contribution in [0.25, 0.3) is 0 Å². The zero-order valence-electron chi connectivity index (χ0n) is 12.8. The Hall–Kier alpha value is 0.270. The van der Waals surface area contributed by atoms with Crippen LogP contribution in [0.2, 0.25) is 0 Å². The quantitative estimate of drug-likeness (QED) is 0.721. The monoisotopic (exact) mass is 260 g/mol. The molecule has 0 fully saturated rings. The average Bonchev–Trinajstić information content (AvgIpc) is 2.24. The Labute approximate surface area is 113 Å². The molecule has 0 spiro atoms. The zero-order valence-corrected chi connectivity index (χ0v) is 13.7. The molecule has 0 aliphatic rings. The number of rotatable bonds is 8. The molecule has 0 saturated heterocycles. The number of hydrogen-bond acceptors (Lipinski definition) is 3. The van der Waals surface area contributed by atoms with Gasteiger partial charge in [0.05, 0.1) is 0 Å². The number of hydrogen-bond donors (Lipinski definition) is 1. The third-order valence-electron chi connectivity index (χ3n) is 3.35. The molecule has 2 nitrogen and oxygen atoms in total. The van der Waals surface area contributed by atoms with Gasteiger partial charge in [-0.05, 0) is 59.6 Å². The highest BCUT2D eigenvalue weighted by Gasteiger charge is 2.19. The molecule has 0 bridgehead atoms. The summed E-state index contributed by atoms with van der Waals surface area (Å²) in [5, 5.41) is 3.62. The number of likely N-dealkylation sites (N-methyl/N-ethyl adjacent to an activating group) is 1. The summed E-state index contributed by atoms with van der Waals surface area (Å²) >= 11 is 1.94. The van der Waals surface area contributed by atoms with E-state index in [1.807, 2.05) is 11.8 Å². The molecule has 0 aliphatic carbocycles.